The van der Waals surface area contributed by atoms with Gasteiger partial charge in [-0.05, 0) is 47.9 Å². The minimum Gasteiger partial charge on any atom is -0.497 e. The van der Waals surface area contributed by atoms with E-state index in [1.807, 2.05) is 30.3 Å². The zero-order chi connectivity index (χ0) is 16.7. The van der Waals surface area contributed by atoms with Crippen LogP contribution >= 0.6 is 0 Å². The van der Waals surface area contributed by atoms with E-state index in [0.717, 1.165) is 42.1 Å². The fraction of sp³-hybridized carbons (Fsp3) is 0.350. The van der Waals surface area contributed by atoms with Crippen molar-refractivity contribution in [3.8, 4) is 16.9 Å². The van der Waals surface area contributed by atoms with Crippen LogP contribution in [-0.2, 0) is 0 Å². The minimum atomic E-state index is 0.0532. The van der Waals surface area contributed by atoms with Gasteiger partial charge in [-0.3, -0.25) is 4.79 Å². The molecule has 1 saturated heterocycles. The molecule has 2 aliphatic heterocycles. The monoisotopic (exact) mass is 322 g/mol. The smallest absolute Gasteiger partial charge is 0.251 e. The summed E-state index contributed by atoms with van der Waals surface area (Å²) in [6.07, 6.45) is 0. The standard InChI is InChI=1S/C20H22N2O2/c1-22-11-15-10-21-20(23)18-9-14(5-8-17(18)19(15)12-22)13-3-6-16(24-2)7-4-13/h3-9,15,19H,10-12H2,1-2H3,(H,21,23)/t15-,19?/m1/s1. The lowest BCUT2D eigenvalue weighted by atomic mass is 9.86. The number of nitrogens with one attached hydrogen (secondary N) is 1. The number of nitrogens with zero attached hydrogens (tertiary/aromatic N) is 1. The topological polar surface area (TPSA) is 41.6 Å². The summed E-state index contributed by atoms with van der Waals surface area (Å²) in [5.74, 6) is 1.83. The van der Waals surface area contributed by atoms with Crippen molar-refractivity contribution in [1.82, 2.24) is 10.2 Å². The van der Waals surface area contributed by atoms with Crippen LogP contribution in [0.2, 0.25) is 0 Å². The van der Waals surface area contributed by atoms with E-state index in [9.17, 15) is 4.79 Å². The highest BCUT2D eigenvalue weighted by molar-refractivity contribution is 5.97. The normalized spacial score (nSPS) is 23.2. The lowest BCUT2D eigenvalue weighted by Gasteiger charge is -2.17. The van der Waals surface area contributed by atoms with Crippen molar-refractivity contribution in [3.63, 3.8) is 0 Å². The van der Waals surface area contributed by atoms with Gasteiger partial charge in [-0.1, -0.05) is 24.3 Å². The third-order valence-corrected chi connectivity index (χ3v) is 5.27. The summed E-state index contributed by atoms with van der Waals surface area (Å²) in [6.45, 7) is 2.83. The third-order valence-electron chi connectivity index (χ3n) is 5.27. The van der Waals surface area contributed by atoms with Crippen molar-refractivity contribution in [2.75, 3.05) is 33.8 Å². The first-order valence-electron chi connectivity index (χ1n) is 8.41. The summed E-state index contributed by atoms with van der Waals surface area (Å²) in [7, 11) is 3.82. The molecule has 0 aliphatic carbocycles. The molecule has 1 unspecified atom stereocenters. The van der Waals surface area contributed by atoms with E-state index in [2.05, 4.69) is 29.4 Å². The van der Waals surface area contributed by atoms with Gasteiger partial charge in [0.1, 0.15) is 5.75 Å². The summed E-state index contributed by atoms with van der Waals surface area (Å²) < 4.78 is 5.22. The van der Waals surface area contributed by atoms with E-state index in [4.69, 9.17) is 4.74 Å². The van der Waals surface area contributed by atoms with Crippen LogP contribution in [0.5, 0.6) is 5.75 Å². The van der Waals surface area contributed by atoms with Gasteiger partial charge in [0.25, 0.3) is 5.91 Å². The number of carbonyl (C=O) groups is 1. The zero-order valence-electron chi connectivity index (χ0n) is 14.1. The number of likely N-dealkylation sites (N-methyl/N-ethyl adjacent to an activating group) is 1. The van der Waals surface area contributed by atoms with Crippen molar-refractivity contribution in [2.24, 2.45) is 5.92 Å². The molecule has 1 amide bonds. The van der Waals surface area contributed by atoms with E-state index in [1.165, 1.54) is 5.56 Å². The molecule has 24 heavy (non-hydrogen) atoms. The molecule has 4 nitrogen and oxygen atoms in total. The Kier molecular flexibility index (Phi) is 3.77. The Hall–Kier alpha value is -2.33. The van der Waals surface area contributed by atoms with Gasteiger partial charge < -0.3 is 15.0 Å². The molecular formula is C20H22N2O2. The number of benzene rings is 2. The molecule has 1 fully saturated rings. The molecule has 2 atom stereocenters. The number of methoxy groups -OCH3 is 1. The number of hydrogen-bond donors (Lipinski definition) is 1. The van der Waals surface area contributed by atoms with Gasteiger partial charge in [0, 0.05) is 31.1 Å². The van der Waals surface area contributed by atoms with Crippen LogP contribution in [0.4, 0.5) is 0 Å². The maximum Gasteiger partial charge on any atom is 0.251 e. The number of fused-ring (bicyclic) bond motifs is 3. The summed E-state index contributed by atoms with van der Waals surface area (Å²) in [6, 6.07) is 14.3. The van der Waals surface area contributed by atoms with E-state index < -0.39 is 0 Å². The Morgan fingerprint density at radius 3 is 2.58 bits per heavy atom. The van der Waals surface area contributed by atoms with E-state index in [0.29, 0.717) is 11.8 Å². The first-order valence-corrected chi connectivity index (χ1v) is 8.41. The first-order chi connectivity index (χ1) is 11.7. The molecule has 0 radical (unpaired) electrons. The van der Waals surface area contributed by atoms with Crippen molar-refractivity contribution in [2.45, 2.75) is 5.92 Å². The van der Waals surface area contributed by atoms with Gasteiger partial charge in [-0.15, -0.1) is 0 Å². The van der Waals surface area contributed by atoms with Gasteiger partial charge in [0.2, 0.25) is 0 Å². The molecule has 0 bridgehead atoms. The van der Waals surface area contributed by atoms with Gasteiger partial charge in [-0.25, -0.2) is 0 Å². The minimum absolute atomic E-state index is 0.0532. The Morgan fingerprint density at radius 2 is 1.83 bits per heavy atom. The highest BCUT2D eigenvalue weighted by Crippen LogP contribution is 2.37. The molecule has 0 aromatic heterocycles. The molecule has 0 saturated carbocycles. The quantitative estimate of drug-likeness (QED) is 0.924. The van der Waals surface area contributed by atoms with Crippen LogP contribution in [0.3, 0.4) is 0 Å². The third kappa shape index (κ3) is 2.57. The second kappa shape index (κ2) is 5.95. The van der Waals surface area contributed by atoms with Crippen LogP contribution in [0, 0.1) is 5.92 Å². The van der Waals surface area contributed by atoms with Gasteiger partial charge >= 0.3 is 0 Å². The molecule has 4 rings (SSSR count). The molecule has 4 heteroatoms. The van der Waals surface area contributed by atoms with E-state index >= 15 is 0 Å². The number of amides is 1. The van der Waals surface area contributed by atoms with Crippen molar-refractivity contribution in [1.29, 1.82) is 0 Å². The lowest BCUT2D eigenvalue weighted by Crippen LogP contribution is -2.29. The van der Waals surface area contributed by atoms with Crippen LogP contribution in [-0.4, -0.2) is 44.6 Å². The summed E-state index contributed by atoms with van der Waals surface area (Å²) >= 11 is 0. The molecular weight excluding hydrogens is 300 g/mol. The summed E-state index contributed by atoms with van der Waals surface area (Å²) in [5, 5.41) is 3.10. The first kappa shape index (κ1) is 15.2. The number of carbonyl (C=O) groups excluding carboxylic acids is 1. The average molecular weight is 322 g/mol. The summed E-state index contributed by atoms with van der Waals surface area (Å²) in [5.41, 5.74) is 4.18. The van der Waals surface area contributed by atoms with E-state index in [1.54, 1.807) is 7.11 Å². The maximum absolute atomic E-state index is 12.6. The molecule has 1 N–H and O–H groups in total. The van der Waals surface area contributed by atoms with Crippen LogP contribution in [0.1, 0.15) is 21.8 Å². The fourth-order valence-electron chi connectivity index (χ4n) is 4.00. The predicted molar refractivity (Wildman–Crippen MR) is 94.5 cm³/mol. The largest absolute Gasteiger partial charge is 0.497 e. The molecule has 2 aromatic rings. The van der Waals surface area contributed by atoms with Crippen molar-refractivity contribution >= 4 is 5.91 Å². The SMILES string of the molecule is COc1ccc(-c2ccc3c(c2)C(=O)NC[C@@H]2CN(C)CC32)cc1. The van der Waals surface area contributed by atoms with Gasteiger partial charge in [-0.2, -0.15) is 0 Å². The second-order valence-corrected chi connectivity index (χ2v) is 6.83. The number of rotatable bonds is 2. The Labute approximate surface area is 142 Å². The predicted octanol–water partition coefficient (Wildman–Crippen LogP) is 2.75. The average Bonchev–Trinajstić information content (AvgIpc) is 2.94. The number of likely N-dealkylation sites (tertiary alicyclic amines) is 1. The molecule has 2 aromatic carbocycles. The zero-order valence-corrected chi connectivity index (χ0v) is 14.1. The Bertz CT molecular complexity index is 770. The Morgan fingerprint density at radius 1 is 1.08 bits per heavy atom. The van der Waals surface area contributed by atoms with Crippen LogP contribution < -0.4 is 10.1 Å². The lowest BCUT2D eigenvalue weighted by molar-refractivity contribution is 0.0951. The molecule has 0 spiro atoms. The van der Waals surface area contributed by atoms with Crippen LogP contribution in [0.25, 0.3) is 11.1 Å². The van der Waals surface area contributed by atoms with Crippen molar-refractivity contribution < 1.29 is 9.53 Å². The molecule has 2 aliphatic rings. The molecule has 2 heterocycles. The van der Waals surface area contributed by atoms with Gasteiger partial charge in [0.05, 0.1) is 7.11 Å². The second-order valence-electron chi connectivity index (χ2n) is 6.83. The number of hydrogen-bond acceptors (Lipinski definition) is 3. The van der Waals surface area contributed by atoms with Crippen LogP contribution in [0.15, 0.2) is 42.5 Å². The fourth-order valence-corrected chi connectivity index (χ4v) is 4.00. The summed E-state index contributed by atoms with van der Waals surface area (Å²) in [4.78, 5) is 14.9. The highest BCUT2D eigenvalue weighted by Gasteiger charge is 2.36. The van der Waals surface area contributed by atoms with Gasteiger partial charge in [0.15, 0.2) is 0 Å². The molecule has 124 valence electrons. The highest BCUT2D eigenvalue weighted by atomic mass is 16.5. The number of ether oxygens (including phenoxy) is 1. The maximum atomic E-state index is 12.6. The van der Waals surface area contributed by atoms with Crippen molar-refractivity contribution in [3.05, 3.63) is 53.6 Å². The Balaban J connectivity index is 1.74. The van der Waals surface area contributed by atoms with E-state index in [-0.39, 0.29) is 5.91 Å².